The summed E-state index contributed by atoms with van der Waals surface area (Å²) >= 11 is 0. The van der Waals surface area contributed by atoms with Gasteiger partial charge in [-0.15, -0.1) is 0 Å². The molecular weight excluding hydrogens is 364 g/mol. The molecule has 7 heteroatoms. The number of nitrogens with one attached hydrogen (secondary N) is 2. The predicted molar refractivity (Wildman–Crippen MR) is 114 cm³/mol. The fourth-order valence-electron chi connectivity index (χ4n) is 3.74. The second-order valence-corrected chi connectivity index (χ2v) is 7.38. The molecule has 29 heavy (non-hydrogen) atoms. The third-order valence-electron chi connectivity index (χ3n) is 5.28. The van der Waals surface area contributed by atoms with Crippen LogP contribution in [0.5, 0.6) is 5.75 Å². The van der Waals surface area contributed by atoms with Crippen molar-refractivity contribution in [2.45, 2.75) is 12.5 Å². The van der Waals surface area contributed by atoms with E-state index in [2.05, 4.69) is 33.9 Å². The number of rotatable bonds is 4. The van der Waals surface area contributed by atoms with Gasteiger partial charge in [-0.1, -0.05) is 18.2 Å². The molecule has 7 nitrogen and oxygen atoms in total. The van der Waals surface area contributed by atoms with Crippen LogP contribution >= 0.6 is 0 Å². The van der Waals surface area contributed by atoms with E-state index in [-0.39, 0.29) is 5.75 Å². The molecule has 4 aromatic rings. The second-order valence-electron chi connectivity index (χ2n) is 7.38. The average Bonchev–Trinajstić information content (AvgIpc) is 3.39. The van der Waals surface area contributed by atoms with Gasteiger partial charge in [0.2, 0.25) is 0 Å². The molecule has 1 saturated heterocycles. The molecule has 0 radical (unpaired) electrons. The van der Waals surface area contributed by atoms with Crippen molar-refractivity contribution in [3.63, 3.8) is 0 Å². The highest BCUT2D eigenvalue weighted by Gasteiger charge is 2.18. The zero-order valence-electron chi connectivity index (χ0n) is 16.1. The van der Waals surface area contributed by atoms with E-state index in [0.29, 0.717) is 17.4 Å². The first-order chi connectivity index (χ1) is 14.2. The zero-order valence-corrected chi connectivity index (χ0v) is 16.1. The first kappa shape index (κ1) is 17.6. The molecular formula is C22H22N6O. The zero-order chi connectivity index (χ0) is 19.8. The van der Waals surface area contributed by atoms with Gasteiger partial charge >= 0.3 is 0 Å². The Morgan fingerprint density at radius 2 is 2.03 bits per heavy atom. The van der Waals surface area contributed by atoms with E-state index in [4.69, 9.17) is 9.97 Å². The lowest BCUT2D eigenvalue weighted by Gasteiger charge is -2.16. The van der Waals surface area contributed by atoms with E-state index in [0.717, 1.165) is 47.4 Å². The van der Waals surface area contributed by atoms with Gasteiger partial charge in [-0.05, 0) is 42.8 Å². The van der Waals surface area contributed by atoms with Gasteiger partial charge < -0.3 is 15.7 Å². The van der Waals surface area contributed by atoms with E-state index < -0.39 is 0 Å². The first-order valence-corrected chi connectivity index (χ1v) is 9.74. The number of hydrogen-bond donors (Lipinski definition) is 3. The van der Waals surface area contributed by atoms with Crippen molar-refractivity contribution >= 4 is 16.7 Å². The molecule has 0 amide bonds. The van der Waals surface area contributed by atoms with Gasteiger partial charge in [-0.3, -0.25) is 4.68 Å². The molecule has 2 aromatic heterocycles. The summed E-state index contributed by atoms with van der Waals surface area (Å²) in [6.45, 7) is 1.91. The summed E-state index contributed by atoms with van der Waals surface area (Å²) in [5, 5.41) is 22.5. The van der Waals surface area contributed by atoms with Gasteiger partial charge in [0.15, 0.2) is 5.82 Å². The summed E-state index contributed by atoms with van der Waals surface area (Å²) < 4.78 is 1.78. The lowest BCUT2D eigenvalue weighted by molar-refractivity contribution is 0.477. The third kappa shape index (κ3) is 3.40. The number of aromatic hydroxyl groups is 1. The maximum absolute atomic E-state index is 10.3. The maximum Gasteiger partial charge on any atom is 0.165 e. The molecule has 3 N–H and O–H groups in total. The van der Waals surface area contributed by atoms with Gasteiger partial charge in [0, 0.05) is 36.8 Å². The van der Waals surface area contributed by atoms with Crippen molar-refractivity contribution < 1.29 is 5.11 Å². The standard InChI is InChI=1S/C22H22N6O/c1-28-13-15(11-24-28)14-6-7-17-19(10-14)26-22(18-4-2-3-5-20(18)29)27-21(17)25-16-8-9-23-12-16/h2-7,10-11,13,16,23,29H,8-9,12H2,1H3,(H,25,26,27)/t16-/m0/s1. The Bertz CT molecular complexity index is 1180. The summed E-state index contributed by atoms with van der Waals surface area (Å²) in [5.74, 6) is 1.47. The van der Waals surface area contributed by atoms with Crippen LogP contribution in [0.15, 0.2) is 54.9 Å². The predicted octanol–water partition coefficient (Wildman–Crippen LogP) is 3.18. The van der Waals surface area contributed by atoms with Crippen molar-refractivity contribution in [2.75, 3.05) is 18.4 Å². The SMILES string of the molecule is Cn1cc(-c2ccc3c(N[C@H]4CCNC4)nc(-c4ccccc4O)nc3c2)cn1. The molecule has 0 bridgehead atoms. The van der Waals surface area contributed by atoms with E-state index in [1.165, 1.54) is 0 Å². The second kappa shape index (κ2) is 7.18. The summed E-state index contributed by atoms with van der Waals surface area (Å²) in [4.78, 5) is 9.56. The topological polar surface area (TPSA) is 87.9 Å². The van der Waals surface area contributed by atoms with Gasteiger partial charge in [0.05, 0.1) is 17.3 Å². The Morgan fingerprint density at radius 1 is 1.14 bits per heavy atom. The van der Waals surface area contributed by atoms with Crippen LogP contribution in [0, 0.1) is 0 Å². The van der Waals surface area contributed by atoms with Gasteiger partial charge in [0.1, 0.15) is 11.6 Å². The molecule has 0 aliphatic carbocycles. The number of aryl methyl sites for hydroxylation is 1. The Morgan fingerprint density at radius 3 is 2.79 bits per heavy atom. The molecule has 1 atom stereocenters. The molecule has 1 aliphatic heterocycles. The van der Waals surface area contributed by atoms with Crippen LogP contribution in [0.4, 0.5) is 5.82 Å². The van der Waals surface area contributed by atoms with E-state index in [1.807, 2.05) is 31.6 Å². The Hall–Kier alpha value is -3.45. The highest BCUT2D eigenvalue weighted by Crippen LogP contribution is 2.32. The van der Waals surface area contributed by atoms with Gasteiger partial charge in [-0.25, -0.2) is 9.97 Å². The molecule has 5 rings (SSSR count). The van der Waals surface area contributed by atoms with Gasteiger partial charge in [-0.2, -0.15) is 5.10 Å². The van der Waals surface area contributed by atoms with Crippen molar-refractivity contribution in [3.05, 3.63) is 54.9 Å². The fourth-order valence-corrected chi connectivity index (χ4v) is 3.74. The minimum absolute atomic E-state index is 0.170. The molecule has 3 heterocycles. The first-order valence-electron chi connectivity index (χ1n) is 9.74. The van der Waals surface area contributed by atoms with Crippen LogP contribution in [-0.2, 0) is 7.05 Å². The maximum atomic E-state index is 10.3. The Labute approximate surface area is 168 Å². The number of aromatic nitrogens is 4. The van der Waals surface area contributed by atoms with Gasteiger partial charge in [0.25, 0.3) is 0 Å². The highest BCUT2D eigenvalue weighted by atomic mass is 16.3. The number of anilines is 1. The molecule has 146 valence electrons. The number of nitrogens with zero attached hydrogens (tertiary/aromatic N) is 4. The monoisotopic (exact) mass is 386 g/mol. The highest BCUT2D eigenvalue weighted by molar-refractivity contribution is 5.93. The summed E-state index contributed by atoms with van der Waals surface area (Å²) in [7, 11) is 1.90. The molecule has 2 aromatic carbocycles. The summed E-state index contributed by atoms with van der Waals surface area (Å²) in [5.41, 5.74) is 3.52. The molecule has 0 unspecified atom stereocenters. The fraction of sp³-hybridized carbons (Fsp3) is 0.227. The van der Waals surface area contributed by atoms with E-state index in [1.54, 1.807) is 16.8 Å². The van der Waals surface area contributed by atoms with Crippen LogP contribution in [0.25, 0.3) is 33.4 Å². The van der Waals surface area contributed by atoms with Crippen LogP contribution in [0.1, 0.15) is 6.42 Å². The average molecular weight is 386 g/mol. The lowest BCUT2D eigenvalue weighted by Crippen LogP contribution is -2.23. The summed E-state index contributed by atoms with van der Waals surface area (Å²) in [6.07, 6.45) is 4.87. The normalized spacial score (nSPS) is 16.4. The van der Waals surface area contributed by atoms with Crippen LogP contribution in [0.2, 0.25) is 0 Å². The largest absolute Gasteiger partial charge is 0.507 e. The Balaban J connectivity index is 1.67. The molecule has 1 fully saturated rings. The number of benzene rings is 2. The van der Waals surface area contributed by atoms with Crippen LogP contribution < -0.4 is 10.6 Å². The third-order valence-corrected chi connectivity index (χ3v) is 5.28. The Kier molecular flexibility index (Phi) is 4.37. The number of phenols is 1. The van der Waals surface area contributed by atoms with Crippen molar-refractivity contribution in [2.24, 2.45) is 7.05 Å². The molecule has 1 aliphatic rings. The van der Waals surface area contributed by atoms with Crippen molar-refractivity contribution in [3.8, 4) is 28.3 Å². The molecule has 0 saturated carbocycles. The smallest absolute Gasteiger partial charge is 0.165 e. The van der Waals surface area contributed by atoms with Crippen LogP contribution in [0.3, 0.4) is 0 Å². The van der Waals surface area contributed by atoms with E-state index >= 15 is 0 Å². The number of fused-ring (bicyclic) bond motifs is 1. The number of hydrogen-bond acceptors (Lipinski definition) is 6. The van der Waals surface area contributed by atoms with Crippen LogP contribution in [-0.4, -0.2) is 44.0 Å². The van der Waals surface area contributed by atoms with Crippen molar-refractivity contribution in [1.82, 2.24) is 25.1 Å². The number of para-hydroxylation sites is 1. The minimum atomic E-state index is 0.170. The quantitative estimate of drug-likeness (QED) is 0.499. The molecule has 0 spiro atoms. The number of phenolic OH excluding ortho intramolecular Hbond substituents is 1. The summed E-state index contributed by atoms with van der Waals surface area (Å²) in [6, 6.07) is 13.7. The lowest BCUT2D eigenvalue weighted by atomic mass is 10.1. The van der Waals surface area contributed by atoms with E-state index in [9.17, 15) is 5.11 Å². The minimum Gasteiger partial charge on any atom is -0.507 e. The van der Waals surface area contributed by atoms with Crippen molar-refractivity contribution in [1.29, 1.82) is 0 Å².